The lowest BCUT2D eigenvalue weighted by molar-refractivity contribution is -0.0425. The van der Waals surface area contributed by atoms with Crippen molar-refractivity contribution < 1.29 is 4.74 Å². The number of hydrogen-bond acceptors (Lipinski definition) is 2. The van der Waals surface area contributed by atoms with Crippen LogP contribution in [0.2, 0.25) is 0 Å². The Hall–Kier alpha value is -0.830. The lowest BCUT2D eigenvalue weighted by Gasteiger charge is -2.31. The fraction of sp³-hybridized carbons (Fsp3) is 0.812. The van der Waals surface area contributed by atoms with Crippen molar-refractivity contribution >= 4 is 0 Å². The van der Waals surface area contributed by atoms with Gasteiger partial charge in [0.1, 0.15) is 6.23 Å². The Morgan fingerprint density at radius 1 is 1.11 bits per heavy atom. The molecule has 1 atom stereocenters. The topological polar surface area (TPSA) is 27.1 Å². The Morgan fingerprint density at radius 3 is 2.26 bits per heavy atom. The lowest BCUT2D eigenvalue weighted by atomic mass is 9.79. The number of hydrogen-bond donors (Lipinski definition) is 0. The summed E-state index contributed by atoms with van der Waals surface area (Å²) < 4.78 is 8.06. The highest BCUT2D eigenvalue weighted by Gasteiger charge is 2.32. The molecule has 1 fully saturated rings. The number of aromatic nitrogens is 2. The van der Waals surface area contributed by atoms with Crippen LogP contribution in [-0.2, 0) is 15.6 Å². The molecule has 0 bridgehead atoms. The zero-order valence-electron chi connectivity index (χ0n) is 13.3. The minimum absolute atomic E-state index is 0.0833. The largest absolute Gasteiger partial charge is 0.357 e. The molecule has 0 spiro atoms. The minimum atomic E-state index is 0.0833. The van der Waals surface area contributed by atoms with Gasteiger partial charge in [0.25, 0.3) is 0 Å². The van der Waals surface area contributed by atoms with E-state index in [1.165, 1.54) is 24.1 Å². The van der Waals surface area contributed by atoms with Gasteiger partial charge in [0, 0.05) is 12.0 Å². The normalized spacial score (nSPS) is 21.7. The molecule has 0 saturated carbocycles. The highest BCUT2D eigenvalue weighted by Crippen LogP contribution is 2.36. The SMILES string of the molecule is CC(C)(C)c1cnn(C2CCCCO2)c1C(C)(C)C. The van der Waals surface area contributed by atoms with Gasteiger partial charge in [0.05, 0.1) is 11.9 Å². The summed E-state index contributed by atoms with van der Waals surface area (Å²) in [5.41, 5.74) is 2.87. The average molecular weight is 264 g/mol. The molecular weight excluding hydrogens is 236 g/mol. The van der Waals surface area contributed by atoms with Crippen LogP contribution in [-0.4, -0.2) is 16.4 Å². The summed E-state index contributed by atoms with van der Waals surface area (Å²) in [7, 11) is 0. The summed E-state index contributed by atoms with van der Waals surface area (Å²) in [5.74, 6) is 0. The fourth-order valence-electron chi connectivity index (χ4n) is 2.79. The second kappa shape index (κ2) is 4.93. The maximum Gasteiger partial charge on any atom is 0.150 e. The Labute approximate surface area is 117 Å². The third kappa shape index (κ3) is 3.02. The first-order valence-corrected chi connectivity index (χ1v) is 7.41. The van der Waals surface area contributed by atoms with Crippen molar-refractivity contribution in [3.8, 4) is 0 Å². The van der Waals surface area contributed by atoms with Crippen LogP contribution < -0.4 is 0 Å². The fourth-order valence-corrected chi connectivity index (χ4v) is 2.79. The van der Waals surface area contributed by atoms with Gasteiger partial charge in [-0.2, -0.15) is 5.10 Å². The van der Waals surface area contributed by atoms with Crippen molar-refractivity contribution in [2.45, 2.75) is 77.9 Å². The minimum Gasteiger partial charge on any atom is -0.357 e. The van der Waals surface area contributed by atoms with Crippen LogP contribution in [0.15, 0.2) is 6.20 Å². The van der Waals surface area contributed by atoms with Crippen LogP contribution in [0.1, 0.15) is 78.3 Å². The maximum absolute atomic E-state index is 5.93. The molecule has 1 saturated heterocycles. The molecule has 3 heteroatoms. The van der Waals surface area contributed by atoms with E-state index >= 15 is 0 Å². The van der Waals surface area contributed by atoms with E-state index in [0.29, 0.717) is 0 Å². The van der Waals surface area contributed by atoms with E-state index in [-0.39, 0.29) is 17.1 Å². The average Bonchev–Trinajstić information content (AvgIpc) is 2.74. The van der Waals surface area contributed by atoms with Gasteiger partial charge in [-0.3, -0.25) is 0 Å². The molecule has 0 N–H and O–H groups in total. The monoisotopic (exact) mass is 264 g/mol. The molecule has 0 aromatic carbocycles. The predicted octanol–water partition coefficient (Wildman–Crippen LogP) is 4.18. The first kappa shape index (κ1) is 14.6. The van der Waals surface area contributed by atoms with Crippen molar-refractivity contribution in [1.82, 2.24) is 9.78 Å². The van der Waals surface area contributed by atoms with Gasteiger partial charge in [0.15, 0.2) is 0 Å². The molecule has 2 heterocycles. The van der Waals surface area contributed by atoms with Crippen LogP contribution >= 0.6 is 0 Å². The van der Waals surface area contributed by atoms with Crippen LogP contribution in [0, 0.1) is 0 Å². The molecular formula is C16H28N2O. The highest BCUT2D eigenvalue weighted by atomic mass is 16.5. The molecule has 3 nitrogen and oxygen atoms in total. The third-order valence-electron chi connectivity index (χ3n) is 3.74. The molecule has 108 valence electrons. The number of ether oxygens (including phenoxy) is 1. The van der Waals surface area contributed by atoms with Crippen LogP contribution in [0.25, 0.3) is 0 Å². The van der Waals surface area contributed by atoms with E-state index in [0.717, 1.165) is 13.0 Å². The zero-order valence-corrected chi connectivity index (χ0v) is 13.3. The molecule has 1 unspecified atom stereocenters. The van der Waals surface area contributed by atoms with Gasteiger partial charge in [-0.1, -0.05) is 41.5 Å². The second-order valence-corrected chi connectivity index (χ2v) is 7.67. The summed E-state index contributed by atoms with van der Waals surface area (Å²) in [5, 5.41) is 4.66. The molecule has 2 rings (SSSR count). The Balaban J connectivity index is 2.47. The van der Waals surface area contributed by atoms with E-state index in [1.54, 1.807) is 0 Å². The molecule has 0 amide bonds. The van der Waals surface area contributed by atoms with Crippen molar-refractivity contribution in [2.24, 2.45) is 0 Å². The van der Waals surface area contributed by atoms with E-state index in [2.05, 4.69) is 51.3 Å². The smallest absolute Gasteiger partial charge is 0.150 e. The van der Waals surface area contributed by atoms with E-state index < -0.39 is 0 Å². The van der Waals surface area contributed by atoms with E-state index in [9.17, 15) is 0 Å². The Morgan fingerprint density at radius 2 is 1.79 bits per heavy atom. The van der Waals surface area contributed by atoms with Crippen LogP contribution in [0.4, 0.5) is 0 Å². The Bertz CT molecular complexity index is 429. The van der Waals surface area contributed by atoms with Gasteiger partial charge < -0.3 is 4.74 Å². The van der Waals surface area contributed by atoms with Crippen molar-refractivity contribution in [3.63, 3.8) is 0 Å². The van der Waals surface area contributed by atoms with Gasteiger partial charge in [-0.25, -0.2) is 4.68 Å². The van der Waals surface area contributed by atoms with Crippen molar-refractivity contribution in [3.05, 3.63) is 17.5 Å². The zero-order chi connectivity index (χ0) is 14.3. The molecule has 0 aliphatic carbocycles. The molecule has 1 aliphatic heterocycles. The molecule has 1 aromatic heterocycles. The first-order valence-electron chi connectivity index (χ1n) is 7.41. The standard InChI is InChI=1S/C16H28N2O/c1-15(2,3)12-11-17-18(14(12)16(4,5)6)13-9-7-8-10-19-13/h11,13H,7-10H2,1-6H3. The summed E-state index contributed by atoms with van der Waals surface area (Å²) in [4.78, 5) is 0. The summed E-state index contributed by atoms with van der Waals surface area (Å²) in [6, 6.07) is 0. The van der Waals surface area contributed by atoms with Gasteiger partial charge in [-0.15, -0.1) is 0 Å². The van der Waals surface area contributed by atoms with E-state index in [1.807, 2.05) is 6.20 Å². The van der Waals surface area contributed by atoms with Gasteiger partial charge >= 0.3 is 0 Å². The van der Waals surface area contributed by atoms with Gasteiger partial charge in [0.2, 0.25) is 0 Å². The molecule has 0 radical (unpaired) electrons. The quantitative estimate of drug-likeness (QED) is 0.761. The van der Waals surface area contributed by atoms with Crippen LogP contribution in [0.5, 0.6) is 0 Å². The van der Waals surface area contributed by atoms with Gasteiger partial charge in [-0.05, 0) is 30.2 Å². The van der Waals surface area contributed by atoms with E-state index in [4.69, 9.17) is 4.74 Å². The lowest BCUT2D eigenvalue weighted by Crippen LogP contribution is -2.28. The maximum atomic E-state index is 5.93. The highest BCUT2D eigenvalue weighted by molar-refractivity contribution is 5.31. The molecule has 19 heavy (non-hydrogen) atoms. The number of rotatable bonds is 1. The summed E-state index contributed by atoms with van der Waals surface area (Å²) in [6.07, 6.45) is 5.65. The Kier molecular flexibility index (Phi) is 3.78. The summed E-state index contributed by atoms with van der Waals surface area (Å²) >= 11 is 0. The van der Waals surface area contributed by atoms with Crippen molar-refractivity contribution in [2.75, 3.05) is 6.61 Å². The molecule has 1 aliphatic rings. The second-order valence-electron chi connectivity index (χ2n) is 7.67. The predicted molar refractivity (Wildman–Crippen MR) is 78.5 cm³/mol. The first-order chi connectivity index (χ1) is 8.71. The third-order valence-corrected chi connectivity index (χ3v) is 3.74. The van der Waals surface area contributed by atoms with Crippen molar-refractivity contribution in [1.29, 1.82) is 0 Å². The molecule has 1 aromatic rings. The van der Waals surface area contributed by atoms with Crippen LogP contribution in [0.3, 0.4) is 0 Å². The number of nitrogens with zero attached hydrogens (tertiary/aromatic N) is 2. The summed E-state index contributed by atoms with van der Waals surface area (Å²) in [6.45, 7) is 14.4.